The van der Waals surface area contributed by atoms with Crippen LogP contribution in [0.3, 0.4) is 0 Å². The van der Waals surface area contributed by atoms with Gasteiger partial charge in [0, 0.05) is 24.7 Å². The molecule has 0 aromatic heterocycles. The van der Waals surface area contributed by atoms with E-state index in [9.17, 15) is 19.8 Å². The van der Waals surface area contributed by atoms with Gasteiger partial charge >= 0.3 is 5.97 Å². The summed E-state index contributed by atoms with van der Waals surface area (Å²) in [6, 6.07) is 0. The quantitative estimate of drug-likeness (QED) is 0.228. The van der Waals surface area contributed by atoms with E-state index in [0.29, 0.717) is 25.7 Å². The lowest BCUT2D eigenvalue weighted by molar-refractivity contribution is -0.140. The molecule has 1 saturated carbocycles. The third-order valence-electron chi connectivity index (χ3n) is 5.28. The summed E-state index contributed by atoms with van der Waals surface area (Å²) >= 11 is 0. The van der Waals surface area contributed by atoms with E-state index in [1.54, 1.807) is 0 Å². The number of carbonyl (C=O) groups excluding carboxylic acids is 2. The first-order chi connectivity index (χ1) is 13.3. The van der Waals surface area contributed by atoms with E-state index >= 15 is 0 Å². The van der Waals surface area contributed by atoms with Crippen molar-refractivity contribution >= 4 is 11.8 Å². The SMILES string of the molecule is CCCCC(C)(O)CC=CC1C(O)CC(=O)C1CC=C=CCCCC(=O)OC. The van der Waals surface area contributed by atoms with Gasteiger partial charge in [-0.2, -0.15) is 0 Å². The van der Waals surface area contributed by atoms with Crippen LogP contribution in [0, 0.1) is 11.8 Å². The molecule has 0 radical (unpaired) electrons. The Bertz CT molecular complexity index is 584. The predicted molar refractivity (Wildman–Crippen MR) is 110 cm³/mol. The Morgan fingerprint density at radius 1 is 1.36 bits per heavy atom. The largest absolute Gasteiger partial charge is 0.469 e. The van der Waals surface area contributed by atoms with Crippen molar-refractivity contribution in [2.24, 2.45) is 11.8 Å². The fraction of sp³-hybridized carbons (Fsp3) is 0.696. The van der Waals surface area contributed by atoms with Crippen molar-refractivity contribution in [2.75, 3.05) is 7.11 Å². The smallest absolute Gasteiger partial charge is 0.305 e. The van der Waals surface area contributed by atoms with E-state index < -0.39 is 11.7 Å². The number of hydrogen-bond acceptors (Lipinski definition) is 5. The van der Waals surface area contributed by atoms with Crippen LogP contribution in [0.1, 0.15) is 71.6 Å². The summed E-state index contributed by atoms with van der Waals surface area (Å²) in [6.07, 6.45) is 12.6. The molecule has 1 aliphatic rings. The minimum absolute atomic E-state index is 0.0728. The second-order valence-corrected chi connectivity index (χ2v) is 7.93. The standard InChI is InChI=1S/C23H36O5/c1-4-5-15-23(2,27)16-11-13-19-18(20(24)17-21(19)25)12-9-7-6-8-10-14-22(26)28-3/h6,9,11,13,18-19,21,25,27H,4-5,8,10,12,14-17H2,1-3H3. The molecule has 0 spiro atoms. The molecule has 0 aromatic rings. The maximum atomic E-state index is 12.2. The monoisotopic (exact) mass is 392 g/mol. The predicted octanol–water partition coefficient (Wildman–Crippen LogP) is 3.88. The lowest BCUT2D eigenvalue weighted by Gasteiger charge is -2.22. The molecule has 1 rings (SSSR count). The number of rotatable bonds is 12. The van der Waals surface area contributed by atoms with Crippen molar-refractivity contribution in [3.05, 3.63) is 30.0 Å². The number of carbonyl (C=O) groups is 2. The maximum absolute atomic E-state index is 12.2. The van der Waals surface area contributed by atoms with E-state index in [1.807, 2.05) is 31.2 Å². The first-order valence-electron chi connectivity index (χ1n) is 10.4. The topological polar surface area (TPSA) is 83.8 Å². The Hall–Kier alpha value is -1.68. The van der Waals surface area contributed by atoms with Crippen molar-refractivity contribution in [1.29, 1.82) is 0 Å². The summed E-state index contributed by atoms with van der Waals surface area (Å²) in [6.45, 7) is 3.92. The van der Waals surface area contributed by atoms with Crippen molar-refractivity contribution < 1.29 is 24.5 Å². The zero-order chi connectivity index (χ0) is 21.0. The van der Waals surface area contributed by atoms with Crippen LogP contribution in [0.5, 0.6) is 0 Å². The molecule has 4 unspecified atom stereocenters. The number of aliphatic hydroxyl groups excluding tert-OH is 1. The summed E-state index contributed by atoms with van der Waals surface area (Å²) in [4.78, 5) is 23.2. The molecule has 1 aliphatic carbocycles. The first-order valence-corrected chi connectivity index (χ1v) is 10.4. The van der Waals surface area contributed by atoms with Crippen LogP contribution in [0.4, 0.5) is 0 Å². The van der Waals surface area contributed by atoms with Gasteiger partial charge < -0.3 is 14.9 Å². The number of methoxy groups -OCH3 is 1. The summed E-state index contributed by atoms with van der Waals surface area (Å²) in [5, 5.41) is 20.6. The first kappa shape index (κ1) is 24.4. The van der Waals surface area contributed by atoms with E-state index in [4.69, 9.17) is 0 Å². The van der Waals surface area contributed by atoms with Crippen molar-refractivity contribution in [1.82, 2.24) is 0 Å². The second kappa shape index (κ2) is 12.7. The number of ether oxygens (including phenoxy) is 1. The number of esters is 1. The summed E-state index contributed by atoms with van der Waals surface area (Å²) in [5.74, 6) is -0.607. The Morgan fingerprint density at radius 3 is 2.79 bits per heavy atom. The average molecular weight is 393 g/mol. The zero-order valence-electron chi connectivity index (χ0n) is 17.5. The third-order valence-corrected chi connectivity index (χ3v) is 5.28. The van der Waals surface area contributed by atoms with Gasteiger partial charge in [0.05, 0.1) is 18.8 Å². The lowest BCUT2D eigenvalue weighted by Crippen LogP contribution is -2.23. The summed E-state index contributed by atoms with van der Waals surface area (Å²) in [5.41, 5.74) is 2.32. The number of aliphatic hydroxyl groups is 2. The summed E-state index contributed by atoms with van der Waals surface area (Å²) in [7, 11) is 1.38. The van der Waals surface area contributed by atoms with Crippen LogP contribution in [0.2, 0.25) is 0 Å². The number of Topliss-reactive ketones (excluding diaryl/α,β-unsaturated/α-hetero) is 1. The van der Waals surface area contributed by atoms with E-state index in [0.717, 1.165) is 25.7 Å². The fourth-order valence-corrected chi connectivity index (χ4v) is 3.48. The third kappa shape index (κ3) is 9.01. The molecular formula is C23H36O5. The van der Waals surface area contributed by atoms with Gasteiger partial charge in [-0.25, -0.2) is 0 Å². The average Bonchev–Trinajstić information content (AvgIpc) is 2.92. The van der Waals surface area contributed by atoms with Gasteiger partial charge in [0.1, 0.15) is 5.78 Å². The Labute approximate surface area is 169 Å². The molecule has 0 saturated heterocycles. The van der Waals surface area contributed by atoms with E-state index in [-0.39, 0.29) is 30.0 Å². The second-order valence-electron chi connectivity index (χ2n) is 7.93. The van der Waals surface area contributed by atoms with Gasteiger partial charge in [0.2, 0.25) is 0 Å². The summed E-state index contributed by atoms with van der Waals surface area (Å²) < 4.78 is 4.59. The molecule has 0 aliphatic heterocycles. The number of allylic oxidation sites excluding steroid dienone is 1. The molecule has 0 amide bonds. The van der Waals surface area contributed by atoms with Crippen LogP contribution < -0.4 is 0 Å². The van der Waals surface area contributed by atoms with Crippen LogP contribution in [0.15, 0.2) is 30.0 Å². The molecule has 1 fully saturated rings. The van der Waals surface area contributed by atoms with Crippen LogP contribution in [-0.2, 0) is 14.3 Å². The molecule has 2 N–H and O–H groups in total. The highest BCUT2D eigenvalue weighted by Crippen LogP contribution is 2.33. The molecule has 0 bridgehead atoms. The minimum Gasteiger partial charge on any atom is -0.469 e. The van der Waals surface area contributed by atoms with E-state index in [2.05, 4.69) is 17.4 Å². The highest BCUT2D eigenvalue weighted by Gasteiger charge is 2.39. The normalized spacial score (nSPS) is 24.0. The molecule has 0 heterocycles. The van der Waals surface area contributed by atoms with Gasteiger partial charge in [-0.3, -0.25) is 9.59 Å². The minimum atomic E-state index is -0.748. The highest BCUT2D eigenvalue weighted by atomic mass is 16.5. The van der Waals surface area contributed by atoms with Crippen molar-refractivity contribution in [3.8, 4) is 0 Å². The van der Waals surface area contributed by atoms with Gasteiger partial charge in [0.15, 0.2) is 0 Å². The molecule has 0 aromatic carbocycles. The number of unbranched alkanes of at least 4 members (excludes halogenated alkanes) is 2. The highest BCUT2D eigenvalue weighted by molar-refractivity contribution is 5.84. The van der Waals surface area contributed by atoms with Gasteiger partial charge in [-0.15, -0.1) is 5.73 Å². The molecular weight excluding hydrogens is 356 g/mol. The van der Waals surface area contributed by atoms with Crippen LogP contribution >= 0.6 is 0 Å². The molecule has 28 heavy (non-hydrogen) atoms. The zero-order valence-corrected chi connectivity index (χ0v) is 17.5. The number of ketones is 1. The van der Waals surface area contributed by atoms with Gasteiger partial charge in [-0.1, -0.05) is 31.9 Å². The van der Waals surface area contributed by atoms with Gasteiger partial charge in [-0.05, 0) is 51.2 Å². The fourth-order valence-electron chi connectivity index (χ4n) is 3.48. The maximum Gasteiger partial charge on any atom is 0.305 e. The Kier molecular flexibility index (Phi) is 11.1. The van der Waals surface area contributed by atoms with Crippen molar-refractivity contribution in [2.45, 2.75) is 83.3 Å². The Morgan fingerprint density at radius 2 is 2.11 bits per heavy atom. The molecule has 5 nitrogen and oxygen atoms in total. The molecule has 158 valence electrons. The Balaban J connectivity index is 2.54. The van der Waals surface area contributed by atoms with E-state index in [1.165, 1.54) is 7.11 Å². The number of hydrogen-bond donors (Lipinski definition) is 2. The molecule has 4 atom stereocenters. The lowest BCUT2D eigenvalue weighted by atomic mass is 9.89. The van der Waals surface area contributed by atoms with Crippen LogP contribution in [0.25, 0.3) is 0 Å². The van der Waals surface area contributed by atoms with Crippen LogP contribution in [-0.4, -0.2) is 40.8 Å². The van der Waals surface area contributed by atoms with Crippen molar-refractivity contribution in [3.63, 3.8) is 0 Å². The van der Waals surface area contributed by atoms with Gasteiger partial charge in [0.25, 0.3) is 0 Å². The molecule has 5 heteroatoms.